The number of fused-ring (bicyclic) bond motifs is 1. The topological polar surface area (TPSA) is 44.2 Å². The van der Waals surface area contributed by atoms with Gasteiger partial charge in [-0.1, -0.05) is 6.07 Å². The Morgan fingerprint density at radius 3 is 2.36 bits per heavy atom. The maximum atomic E-state index is 13.4. The van der Waals surface area contributed by atoms with Gasteiger partial charge < -0.3 is 9.16 Å². The molecule has 0 saturated carbocycles. The third-order valence-electron chi connectivity index (χ3n) is 2.89. The minimum Gasteiger partial charge on any atom is -0.480 e. The second-order valence-corrected chi connectivity index (χ2v) is 10.3. The van der Waals surface area contributed by atoms with Crippen molar-refractivity contribution < 1.29 is 22.3 Å². The Bertz CT molecular complexity index is 671. The van der Waals surface area contributed by atoms with E-state index < -0.39 is 20.6 Å². The first-order chi connectivity index (χ1) is 10.1. The molecular weight excluding hydrogens is 313 g/mol. The number of aromatic nitrogens is 2. The second kappa shape index (κ2) is 5.84. The maximum absolute atomic E-state index is 13.4. The molecule has 0 aliphatic heterocycles. The van der Waals surface area contributed by atoms with Crippen molar-refractivity contribution in [1.29, 1.82) is 0 Å². The number of ether oxygens (including phenoxy) is 1. The van der Waals surface area contributed by atoms with Crippen LogP contribution in [0.2, 0.25) is 19.6 Å². The van der Waals surface area contributed by atoms with Crippen molar-refractivity contribution in [3.05, 3.63) is 30.1 Å². The molecule has 0 aliphatic carbocycles. The zero-order valence-electron chi connectivity index (χ0n) is 12.7. The lowest BCUT2D eigenvalue weighted by atomic mass is 10.1. The van der Waals surface area contributed by atoms with Crippen LogP contribution >= 0.6 is 0 Å². The van der Waals surface area contributed by atoms with Crippen LogP contribution in [0.5, 0.6) is 5.88 Å². The first kappa shape index (κ1) is 16.7. The summed E-state index contributed by atoms with van der Waals surface area (Å²) in [4.78, 5) is 7.94. The van der Waals surface area contributed by atoms with Crippen molar-refractivity contribution >= 4 is 19.2 Å². The third kappa shape index (κ3) is 3.75. The SMILES string of the molecule is COc1ncnc2ccc(C(O[Si](C)(C)C)C(F)(F)F)cc12. The Morgan fingerprint density at radius 2 is 1.82 bits per heavy atom. The van der Waals surface area contributed by atoms with Crippen LogP contribution in [0.3, 0.4) is 0 Å². The molecule has 2 aromatic rings. The van der Waals surface area contributed by atoms with Gasteiger partial charge in [0, 0.05) is 0 Å². The van der Waals surface area contributed by atoms with Crippen molar-refractivity contribution in [1.82, 2.24) is 9.97 Å². The number of hydrogen-bond donors (Lipinski definition) is 0. The van der Waals surface area contributed by atoms with E-state index in [4.69, 9.17) is 9.16 Å². The minimum absolute atomic E-state index is 0.0236. The smallest absolute Gasteiger partial charge is 0.417 e. The molecular formula is C14H17F3N2O2Si. The molecule has 0 spiro atoms. The molecule has 2 rings (SSSR count). The predicted octanol–water partition coefficient (Wildman–Crippen LogP) is 4.09. The summed E-state index contributed by atoms with van der Waals surface area (Å²) in [6, 6.07) is 4.28. The fraction of sp³-hybridized carbons (Fsp3) is 0.429. The number of nitrogens with zero attached hydrogens (tertiary/aromatic N) is 2. The van der Waals surface area contributed by atoms with Crippen LogP contribution in [0.15, 0.2) is 24.5 Å². The molecule has 22 heavy (non-hydrogen) atoms. The lowest BCUT2D eigenvalue weighted by Crippen LogP contribution is -2.35. The largest absolute Gasteiger partial charge is 0.480 e. The van der Waals surface area contributed by atoms with Crippen LogP contribution in [-0.2, 0) is 4.43 Å². The molecule has 1 aromatic heterocycles. The number of hydrogen-bond acceptors (Lipinski definition) is 4. The first-order valence-corrected chi connectivity index (χ1v) is 10.1. The number of alkyl halides is 3. The standard InChI is InChI=1S/C14H17F3N2O2Si/c1-20-13-10-7-9(5-6-11(10)18-8-19-13)12(14(15,16)17)21-22(2,3)4/h5-8,12H,1-4H3. The lowest BCUT2D eigenvalue weighted by molar-refractivity contribution is -0.200. The Kier molecular flexibility index (Phi) is 4.43. The number of halogens is 3. The molecule has 1 unspecified atom stereocenters. The molecule has 8 heteroatoms. The molecule has 0 radical (unpaired) electrons. The van der Waals surface area contributed by atoms with Crippen LogP contribution in [0.4, 0.5) is 13.2 Å². The molecule has 0 fully saturated rings. The molecule has 1 atom stereocenters. The fourth-order valence-corrected chi connectivity index (χ4v) is 3.03. The monoisotopic (exact) mass is 330 g/mol. The van der Waals surface area contributed by atoms with E-state index >= 15 is 0 Å². The summed E-state index contributed by atoms with van der Waals surface area (Å²) in [6.45, 7) is 5.16. The van der Waals surface area contributed by atoms with E-state index in [0.717, 1.165) is 0 Å². The molecule has 1 heterocycles. The molecule has 0 amide bonds. The summed E-state index contributed by atoms with van der Waals surface area (Å²) in [5.41, 5.74) is 0.542. The summed E-state index contributed by atoms with van der Waals surface area (Å²) >= 11 is 0. The highest BCUT2D eigenvalue weighted by Crippen LogP contribution is 2.39. The molecule has 0 saturated heterocycles. The van der Waals surface area contributed by atoms with Gasteiger partial charge in [0.1, 0.15) is 6.33 Å². The Balaban J connectivity index is 2.54. The third-order valence-corrected chi connectivity index (χ3v) is 3.83. The molecule has 4 nitrogen and oxygen atoms in total. The number of methoxy groups -OCH3 is 1. The van der Waals surface area contributed by atoms with Gasteiger partial charge in [0.25, 0.3) is 0 Å². The number of rotatable bonds is 4. The predicted molar refractivity (Wildman–Crippen MR) is 79.3 cm³/mol. The van der Waals surface area contributed by atoms with Gasteiger partial charge in [-0.25, -0.2) is 9.97 Å². The lowest BCUT2D eigenvalue weighted by Gasteiger charge is -2.28. The molecule has 0 bridgehead atoms. The van der Waals surface area contributed by atoms with E-state index in [-0.39, 0.29) is 11.4 Å². The van der Waals surface area contributed by atoms with Crippen LogP contribution in [0, 0.1) is 0 Å². The summed E-state index contributed by atoms with van der Waals surface area (Å²) in [7, 11) is -0.974. The molecule has 0 aliphatic rings. The van der Waals surface area contributed by atoms with Crippen molar-refractivity contribution in [3.63, 3.8) is 0 Å². The van der Waals surface area contributed by atoms with E-state index in [9.17, 15) is 13.2 Å². The highest BCUT2D eigenvalue weighted by Gasteiger charge is 2.44. The van der Waals surface area contributed by atoms with Crippen LogP contribution in [-0.4, -0.2) is 31.6 Å². The quantitative estimate of drug-likeness (QED) is 0.792. The Morgan fingerprint density at radius 1 is 1.14 bits per heavy atom. The van der Waals surface area contributed by atoms with Crippen LogP contribution in [0.25, 0.3) is 10.9 Å². The van der Waals surface area contributed by atoms with Gasteiger partial charge in [-0.3, -0.25) is 0 Å². The van der Waals surface area contributed by atoms with Crippen molar-refractivity contribution in [2.75, 3.05) is 7.11 Å². The summed E-state index contributed by atoms with van der Waals surface area (Å²) in [6.07, 6.45) is -5.15. The van der Waals surface area contributed by atoms with Crippen molar-refractivity contribution in [2.24, 2.45) is 0 Å². The van der Waals surface area contributed by atoms with Gasteiger partial charge in [0.05, 0.1) is 18.0 Å². The van der Waals surface area contributed by atoms with E-state index in [2.05, 4.69) is 9.97 Å². The Hall–Kier alpha value is -1.67. The normalized spacial score (nSPS) is 14.1. The number of benzene rings is 1. The summed E-state index contributed by atoms with van der Waals surface area (Å²) in [5, 5.41) is 0.427. The van der Waals surface area contributed by atoms with E-state index in [1.54, 1.807) is 19.6 Å². The van der Waals surface area contributed by atoms with E-state index in [0.29, 0.717) is 10.9 Å². The zero-order valence-corrected chi connectivity index (χ0v) is 13.7. The molecule has 0 N–H and O–H groups in total. The molecule has 120 valence electrons. The van der Waals surface area contributed by atoms with Gasteiger partial charge in [-0.2, -0.15) is 13.2 Å². The minimum atomic E-state index is -4.49. The van der Waals surface area contributed by atoms with Crippen LogP contribution < -0.4 is 4.74 Å². The average Bonchev–Trinajstić information content (AvgIpc) is 2.41. The highest BCUT2D eigenvalue weighted by atomic mass is 28.4. The van der Waals surface area contributed by atoms with Crippen LogP contribution in [0.1, 0.15) is 11.7 Å². The zero-order chi connectivity index (χ0) is 16.5. The van der Waals surface area contributed by atoms with Crippen molar-refractivity contribution in [2.45, 2.75) is 31.9 Å². The van der Waals surface area contributed by atoms with E-state index in [1.165, 1.54) is 31.6 Å². The van der Waals surface area contributed by atoms with Gasteiger partial charge in [-0.05, 0) is 37.3 Å². The van der Waals surface area contributed by atoms with Gasteiger partial charge in [-0.15, -0.1) is 0 Å². The fourth-order valence-electron chi connectivity index (χ4n) is 2.05. The highest BCUT2D eigenvalue weighted by molar-refractivity contribution is 6.69. The first-order valence-electron chi connectivity index (χ1n) is 6.65. The van der Waals surface area contributed by atoms with Gasteiger partial charge >= 0.3 is 6.18 Å². The van der Waals surface area contributed by atoms with Gasteiger partial charge in [0.15, 0.2) is 14.4 Å². The van der Waals surface area contributed by atoms with Crippen molar-refractivity contribution in [3.8, 4) is 5.88 Å². The Labute approximate surface area is 127 Å². The van der Waals surface area contributed by atoms with Gasteiger partial charge in [0.2, 0.25) is 5.88 Å². The van der Waals surface area contributed by atoms with E-state index in [1.807, 2.05) is 0 Å². The summed E-state index contributed by atoms with van der Waals surface area (Å²) < 4.78 is 50.5. The summed E-state index contributed by atoms with van der Waals surface area (Å²) in [5.74, 6) is 0.237. The maximum Gasteiger partial charge on any atom is 0.417 e. The molecule has 1 aromatic carbocycles. The second-order valence-electron chi connectivity index (χ2n) is 5.81. The average molecular weight is 330 g/mol.